The van der Waals surface area contributed by atoms with Crippen LogP contribution < -0.4 is 5.32 Å². The minimum absolute atomic E-state index is 0.802. The molecule has 0 aromatic carbocycles. The fourth-order valence-electron chi connectivity index (χ4n) is 2.29. The molecule has 0 saturated carbocycles. The van der Waals surface area contributed by atoms with Crippen LogP contribution in [0.3, 0.4) is 0 Å². The topological polar surface area (TPSA) is 15.3 Å². The molecule has 1 N–H and O–H groups in total. The highest BCUT2D eigenvalue weighted by Gasteiger charge is 2.15. The van der Waals surface area contributed by atoms with Crippen LogP contribution in [0.5, 0.6) is 0 Å². The Bertz CT molecular complexity index is 153. The predicted molar refractivity (Wildman–Crippen MR) is 67.2 cm³/mol. The van der Waals surface area contributed by atoms with E-state index in [1.54, 1.807) is 0 Å². The SMILES string of the molecule is CCC(C)CN(CC)CCC1CCCN1. The Morgan fingerprint density at radius 2 is 2.20 bits per heavy atom. The highest BCUT2D eigenvalue weighted by atomic mass is 15.1. The van der Waals surface area contributed by atoms with Gasteiger partial charge in [-0.15, -0.1) is 0 Å². The molecule has 1 rings (SSSR count). The number of nitrogens with one attached hydrogen (secondary N) is 1. The van der Waals surface area contributed by atoms with Gasteiger partial charge in [0.25, 0.3) is 0 Å². The zero-order valence-electron chi connectivity index (χ0n) is 10.8. The van der Waals surface area contributed by atoms with Gasteiger partial charge in [0.1, 0.15) is 0 Å². The molecule has 1 aliphatic heterocycles. The minimum Gasteiger partial charge on any atom is -0.314 e. The monoisotopic (exact) mass is 212 g/mol. The molecule has 1 saturated heterocycles. The Morgan fingerprint density at radius 1 is 1.40 bits per heavy atom. The molecule has 2 heteroatoms. The van der Waals surface area contributed by atoms with E-state index >= 15 is 0 Å². The smallest absolute Gasteiger partial charge is 0.00797 e. The van der Waals surface area contributed by atoms with Gasteiger partial charge in [-0.1, -0.05) is 27.2 Å². The van der Waals surface area contributed by atoms with Gasteiger partial charge >= 0.3 is 0 Å². The van der Waals surface area contributed by atoms with E-state index in [0.29, 0.717) is 0 Å². The average molecular weight is 212 g/mol. The van der Waals surface area contributed by atoms with Crippen LogP contribution in [0.1, 0.15) is 46.5 Å². The molecule has 2 nitrogen and oxygen atoms in total. The molecular formula is C13H28N2. The van der Waals surface area contributed by atoms with Gasteiger partial charge in [0.2, 0.25) is 0 Å². The summed E-state index contributed by atoms with van der Waals surface area (Å²) in [6, 6.07) is 0.802. The van der Waals surface area contributed by atoms with E-state index < -0.39 is 0 Å². The van der Waals surface area contributed by atoms with Crippen LogP contribution in [-0.4, -0.2) is 37.1 Å². The Balaban J connectivity index is 2.14. The quantitative estimate of drug-likeness (QED) is 0.697. The summed E-state index contributed by atoms with van der Waals surface area (Å²) >= 11 is 0. The summed E-state index contributed by atoms with van der Waals surface area (Å²) in [7, 11) is 0. The molecule has 0 spiro atoms. The normalized spacial score (nSPS) is 23.6. The second kappa shape index (κ2) is 7.24. The molecular weight excluding hydrogens is 184 g/mol. The van der Waals surface area contributed by atoms with Gasteiger partial charge in [0.05, 0.1) is 0 Å². The summed E-state index contributed by atoms with van der Waals surface area (Å²) in [6.45, 7) is 11.9. The standard InChI is InChI=1S/C13H28N2/c1-4-12(3)11-15(5-2)10-8-13-7-6-9-14-13/h12-14H,4-11H2,1-3H3. The van der Waals surface area contributed by atoms with Crippen molar-refractivity contribution in [2.45, 2.75) is 52.5 Å². The van der Waals surface area contributed by atoms with Gasteiger partial charge in [0.15, 0.2) is 0 Å². The third-order valence-electron chi connectivity index (χ3n) is 3.67. The molecule has 0 aromatic rings. The lowest BCUT2D eigenvalue weighted by molar-refractivity contribution is 0.235. The molecule has 2 unspecified atom stereocenters. The van der Waals surface area contributed by atoms with E-state index in [9.17, 15) is 0 Å². The van der Waals surface area contributed by atoms with Crippen molar-refractivity contribution in [3.8, 4) is 0 Å². The van der Waals surface area contributed by atoms with Crippen molar-refractivity contribution >= 4 is 0 Å². The van der Waals surface area contributed by atoms with E-state index in [0.717, 1.165) is 12.0 Å². The van der Waals surface area contributed by atoms with Gasteiger partial charge in [-0.25, -0.2) is 0 Å². The highest BCUT2D eigenvalue weighted by Crippen LogP contribution is 2.11. The molecule has 0 aromatic heterocycles. The summed E-state index contributed by atoms with van der Waals surface area (Å²) < 4.78 is 0. The lowest BCUT2D eigenvalue weighted by Gasteiger charge is -2.25. The van der Waals surface area contributed by atoms with Crippen molar-refractivity contribution < 1.29 is 0 Å². The molecule has 90 valence electrons. The van der Waals surface area contributed by atoms with Crippen molar-refractivity contribution in [3.05, 3.63) is 0 Å². The van der Waals surface area contributed by atoms with Gasteiger partial charge in [-0.05, 0) is 44.8 Å². The van der Waals surface area contributed by atoms with Crippen LogP contribution in [0.25, 0.3) is 0 Å². The molecule has 0 aliphatic carbocycles. The maximum Gasteiger partial charge on any atom is 0.00797 e. The zero-order valence-corrected chi connectivity index (χ0v) is 10.8. The third kappa shape index (κ3) is 4.98. The molecule has 1 heterocycles. The molecule has 0 bridgehead atoms. The van der Waals surface area contributed by atoms with Gasteiger partial charge in [-0.3, -0.25) is 0 Å². The second-order valence-corrected chi connectivity index (χ2v) is 4.99. The van der Waals surface area contributed by atoms with E-state index in [1.165, 1.54) is 51.9 Å². The van der Waals surface area contributed by atoms with E-state index in [1.807, 2.05) is 0 Å². The fourth-order valence-corrected chi connectivity index (χ4v) is 2.29. The maximum atomic E-state index is 3.58. The van der Waals surface area contributed by atoms with Crippen molar-refractivity contribution in [1.82, 2.24) is 10.2 Å². The largest absolute Gasteiger partial charge is 0.314 e. The fraction of sp³-hybridized carbons (Fsp3) is 1.00. The number of hydrogen-bond acceptors (Lipinski definition) is 2. The van der Waals surface area contributed by atoms with Crippen molar-refractivity contribution in [2.75, 3.05) is 26.2 Å². The summed E-state index contributed by atoms with van der Waals surface area (Å²) in [5, 5.41) is 3.58. The third-order valence-corrected chi connectivity index (χ3v) is 3.67. The van der Waals surface area contributed by atoms with Crippen LogP contribution in [0.15, 0.2) is 0 Å². The zero-order chi connectivity index (χ0) is 11.1. The van der Waals surface area contributed by atoms with E-state index in [2.05, 4.69) is 31.0 Å². The Hall–Kier alpha value is -0.0800. The Labute approximate surface area is 95.4 Å². The van der Waals surface area contributed by atoms with Crippen LogP contribution in [0.2, 0.25) is 0 Å². The summed E-state index contributed by atoms with van der Waals surface area (Å²) in [6.07, 6.45) is 5.41. The maximum absolute atomic E-state index is 3.58. The van der Waals surface area contributed by atoms with Crippen LogP contribution in [-0.2, 0) is 0 Å². The minimum atomic E-state index is 0.802. The van der Waals surface area contributed by atoms with Crippen molar-refractivity contribution in [2.24, 2.45) is 5.92 Å². The lowest BCUT2D eigenvalue weighted by atomic mass is 10.1. The molecule has 0 amide bonds. The second-order valence-electron chi connectivity index (χ2n) is 4.99. The van der Waals surface area contributed by atoms with Crippen LogP contribution >= 0.6 is 0 Å². The molecule has 15 heavy (non-hydrogen) atoms. The summed E-state index contributed by atoms with van der Waals surface area (Å²) in [4.78, 5) is 2.61. The first-order chi connectivity index (χ1) is 7.26. The predicted octanol–water partition coefficient (Wildman–Crippen LogP) is 2.50. The Kier molecular flexibility index (Phi) is 6.26. The summed E-state index contributed by atoms with van der Waals surface area (Å²) in [5.41, 5.74) is 0. The summed E-state index contributed by atoms with van der Waals surface area (Å²) in [5.74, 6) is 0.849. The number of rotatable bonds is 7. The lowest BCUT2D eigenvalue weighted by Crippen LogP contribution is -2.33. The van der Waals surface area contributed by atoms with Crippen molar-refractivity contribution in [1.29, 1.82) is 0 Å². The Morgan fingerprint density at radius 3 is 2.73 bits per heavy atom. The number of hydrogen-bond donors (Lipinski definition) is 1. The first kappa shape index (κ1) is 13.0. The molecule has 2 atom stereocenters. The van der Waals surface area contributed by atoms with Gasteiger partial charge in [-0.2, -0.15) is 0 Å². The first-order valence-electron chi connectivity index (χ1n) is 6.72. The molecule has 0 radical (unpaired) electrons. The van der Waals surface area contributed by atoms with E-state index in [4.69, 9.17) is 0 Å². The first-order valence-corrected chi connectivity index (χ1v) is 6.72. The van der Waals surface area contributed by atoms with E-state index in [-0.39, 0.29) is 0 Å². The highest BCUT2D eigenvalue weighted by molar-refractivity contribution is 4.75. The molecule has 1 fully saturated rings. The van der Waals surface area contributed by atoms with Crippen molar-refractivity contribution in [3.63, 3.8) is 0 Å². The van der Waals surface area contributed by atoms with Crippen LogP contribution in [0, 0.1) is 5.92 Å². The van der Waals surface area contributed by atoms with Crippen LogP contribution in [0.4, 0.5) is 0 Å². The molecule has 1 aliphatic rings. The van der Waals surface area contributed by atoms with Gasteiger partial charge < -0.3 is 10.2 Å². The number of nitrogens with zero attached hydrogens (tertiary/aromatic N) is 1. The average Bonchev–Trinajstić information content (AvgIpc) is 2.76. The van der Waals surface area contributed by atoms with Gasteiger partial charge in [0, 0.05) is 12.6 Å².